The van der Waals surface area contributed by atoms with Crippen LogP contribution >= 0.6 is 0 Å². The Hall–Kier alpha value is -1.95. The van der Waals surface area contributed by atoms with Crippen LogP contribution in [0.1, 0.15) is 18.5 Å². The van der Waals surface area contributed by atoms with Gasteiger partial charge in [0, 0.05) is 20.0 Å². The summed E-state index contributed by atoms with van der Waals surface area (Å²) in [6, 6.07) is 5.35. The van der Waals surface area contributed by atoms with E-state index in [0.717, 1.165) is 0 Å². The van der Waals surface area contributed by atoms with Gasteiger partial charge in [0.25, 0.3) is 0 Å². The predicted molar refractivity (Wildman–Crippen MR) is 74.5 cm³/mol. The van der Waals surface area contributed by atoms with Gasteiger partial charge in [0.05, 0.1) is 0 Å². The quantitative estimate of drug-likeness (QED) is 0.754. The van der Waals surface area contributed by atoms with Crippen LogP contribution in [0, 0.1) is 5.82 Å². The number of halogens is 1. The number of amides is 2. The van der Waals surface area contributed by atoms with Crippen molar-refractivity contribution in [2.75, 3.05) is 27.2 Å². The highest BCUT2D eigenvalue weighted by molar-refractivity contribution is 5.83. The lowest BCUT2D eigenvalue weighted by molar-refractivity contribution is -0.126. The number of benzene rings is 1. The molecule has 0 aromatic heterocycles. The molecular weight excluding hydrogens is 261 g/mol. The highest BCUT2D eigenvalue weighted by Gasteiger charge is 2.22. The number of carbonyl (C=O) groups excluding carboxylic acids is 2. The van der Waals surface area contributed by atoms with Crippen LogP contribution < -0.4 is 10.6 Å². The lowest BCUT2D eigenvalue weighted by Crippen LogP contribution is -2.40. The summed E-state index contributed by atoms with van der Waals surface area (Å²) in [4.78, 5) is 24.6. The van der Waals surface area contributed by atoms with E-state index in [0.29, 0.717) is 18.7 Å². The Morgan fingerprint density at radius 2 is 1.70 bits per heavy atom. The molecule has 1 rings (SSSR count). The van der Waals surface area contributed by atoms with Gasteiger partial charge in [-0.2, -0.15) is 0 Å². The third kappa shape index (κ3) is 4.97. The summed E-state index contributed by atoms with van der Waals surface area (Å²) in [7, 11) is 3.56. The zero-order valence-corrected chi connectivity index (χ0v) is 11.9. The van der Waals surface area contributed by atoms with Crippen LogP contribution in [0.5, 0.6) is 0 Å². The van der Waals surface area contributed by atoms with E-state index < -0.39 is 6.04 Å². The summed E-state index contributed by atoms with van der Waals surface area (Å²) < 4.78 is 12.9. The molecule has 1 aromatic carbocycles. The molecule has 0 aliphatic carbocycles. The van der Waals surface area contributed by atoms with Gasteiger partial charge in [-0.3, -0.25) is 14.5 Å². The van der Waals surface area contributed by atoms with E-state index in [2.05, 4.69) is 10.6 Å². The minimum absolute atomic E-state index is 0.137. The van der Waals surface area contributed by atoms with Gasteiger partial charge in [0.15, 0.2) is 0 Å². The standard InChI is InChI=1S/C14H20FN3O2/c1-10(19)16-8-9-17-14(20)13(18(2)3)11-4-6-12(15)7-5-11/h4-7,13H,8-9H2,1-3H3,(H,16,19)(H,17,20)/t13-/m1/s1. The number of nitrogens with zero attached hydrogens (tertiary/aromatic N) is 1. The number of rotatable bonds is 6. The van der Waals surface area contributed by atoms with E-state index in [1.165, 1.54) is 19.1 Å². The molecule has 0 spiro atoms. The fourth-order valence-corrected chi connectivity index (χ4v) is 1.85. The molecule has 110 valence electrons. The SMILES string of the molecule is CC(=O)NCCNC(=O)[C@@H](c1ccc(F)cc1)N(C)C. The molecule has 0 saturated heterocycles. The Morgan fingerprint density at radius 3 is 2.20 bits per heavy atom. The zero-order chi connectivity index (χ0) is 15.1. The van der Waals surface area contributed by atoms with Crippen LogP contribution in [0.15, 0.2) is 24.3 Å². The van der Waals surface area contributed by atoms with Gasteiger partial charge >= 0.3 is 0 Å². The molecule has 0 bridgehead atoms. The molecule has 20 heavy (non-hydrogen) atoms. The third-order valence-electron chi connectivity index (χ3n) is 2.75. The number of hydrogen-bond donors (Lipinski definition) is 2. The van der Waals surface area contributed by atoms with Crippen LogP contribution in [0.2, 0.25) is 0 Å². The minimum atomic E-state index is -0.493. The van der Waals surface area contributed by atoms with E-state index in [4.69, 9.17) is 0 Å². The van der Waals surface area contributed by atoms with Gasteiger partial charge in [-0.25, -0.2) is 4.39 Å². The lowest BCUT2D eigenvalue weighted by atomic mass is 10.1. The smallest absolute Gasteiger partial charge is 0.242 e. The summed E-state index contributed by atoms with van der Waals surface area (Å²) in [6.45, 7) is 2.15. The monoisotopic (exact) mass is 281 g/mol. The Bertz CT molecular complexity index is 460. The topological polar surface area (TPSA) is 61.4 Å². The van der Waals surface area contributed by atoms with Crippen molar-refractivity contribution < 1.29 is 14.0 Å². The Kier molecular flexibility index (Phi) is 6.11. The zero-order valence-electron chi connectivity index (χ0n) is 11.9. The molecule has 0 aliphatic rings. The second kappa shape index (κ2) is 7.59. The average Bonchev–Trinajstić information content (AvgIpc) is 2.36. The van der Waals surface area contributed by atoms with Crippen molar-refractivity contribution in [3.63, 3.8) is 0 Å². The van der Waals surface area contributed by atoms with Crippen molar-refractivity contribution in [1.82, 2.24) is 15.5 Å². The van der Waals surface area contributed by atoms with Crippen molar-refractivity contribution in [2.45, 2.75) is 13.0 Å². The first-order chi connectivity index (χ1) is 9.41. The molecule has 1 aromatic rings. The Morgan fingerprint density at radius 1 is 1.15 bits per heavy atom. The van der Waals surface area contributed by atoms with E-state index in [9.17, 15) is 14.0 Å². The Balaban J connectivity index is 2.64. The van der Waals surface area contributed by atoms with Gasteiger partial charge in [-0.1, -0.05) is 12.1 Å². The van der Waals surface area contributed by atoms with Crippen molar-refractivity contribution >= 4 is 11.8 Å². The molecule has 1 atom stereocenters. The van der Waals surface area contributed by atoms with E-state index in [1.54, 1.807) is 31.1 Å². The van der Waals surface area contributed by atoms with Crippen molar-refractivity contribution in [3.8, 4) is 0 Å². The number of likely N-dealkylation sites (N-methyl/N-ethyl adjacent to an activating group) is 1. The largest absolute Gasteiger partial charge is 0.355 e. The summed E-state index contributed by atoms with van der Waals surface area (Å²) in [5.41, 5.74) is 0.716. The second-order valence-corrected chi connectivity index (χ2v) is 4.69. The molecule has 0 fully saturated rings. The van der Waals surface area contributed by atoms with Crippen molar-refractivity contribution in [3.05, 3.63) is 35.6 Å². The van der Waals surface area contributed by atoms with Gasteiger partial charge in [-0.15, -0.1) is 0 Å². The first-order valence-electron chi connectivity index (χ1n) is 6.36. The van der Waals surface area contributed by atoms with Gasteiger partial charge in [0.1, 0.15) is 11.9 Å². The van der Waals surface area contributed by atoms with Crippen LogP contribution in [0.25, 0.3) is 0 Å². The molecule has 5 nitrogen and oxygen atoms in total. The molecule has 2 N–H and O–H groups in total. The first kappa shape index (κ1) is 16.1. The normalized spacial score (nSPS) is 12.1. The maximum absolute atomic E-state index is 12.9. The maximum atomic E-state index is 12.9. The fraction of sp³-hybridized carbons (Fsp3) is 0.429. The van der Waals surface area contributed by atoms with Crippen LogP contribution in [-0.2, 0) is 9.59 Å². The molecule has 0 aliphatic heterocycles. The van der Waals surface area contributed by atoms with Gasteiger partial charge in [-0.05, 0) is 31.8 Å². The van der Waals surface area contributed by atoms with Crippen molar-refractivity contribution in [2.24, 2.45) is 0 Å². The third-order valence-corrected chi connectivity index (χ3v) is 2.75. The second-order valence-electron chi connectivity index (χ2n) is 4.69. The molecule has 6 heteroatoms. The van der Waals surface area contributed by atoms with Crippen LogP contribution in [-0.4, -0.2) is 43.9 Å². The summed E-state index contributed by atoms with van der Waals surface area (Å²) in [6.07, 6.45) is 0. The van der Waals surface area contributed by atoms with Gasteiger partial charge in [0.2, 0.25) is 11.8 Å². The van der Waals surface area contributed by atoms with Crippen LogP contribution in [0.4, 0.5) is 4.39 Å². The van der Waals surface area contributed by atoms with Crippen LogP contribution in [0.3, 0.4) is 0 Å². The van der Waals surface area contributed by atoms with E-state index in [1.807, 2.05) is 0 Å². The van der Waals surface area contributed by atoms with E-state index >= 15 is 0 Å². The number of carbonyl (C=O) groups is 2. The highest BCUT2D eigenvalue weighted by atomic mass is 19.1. The average molecular weight is 281 g/mol. The molecule has 0 heterocycles. The molecule has 0 saturated carbocycles. The Labute approximate surface area is 118 Å². The fourth-order valence-electron chi connectivity index (χ4n) is 1.85. The summed E-state index contributed by atoms with van der Waals surface area (Å²) in [5, 5.41) is 5.34. The maximum Gasteiger partial charge on any atom is 0.242 e. The van der Waals surface area contributed by atoms with Gasteiger partial charge < -0.3 is 10.6 Å². The number of hydrogen-bond acceptors (Lipinski definition) is 3. The predicted octanol–water partition coefficient (Wildman–Crippen LogP) is 0.681. The highest BCUT2D eigenvalue weighted by Crippen LogP contribution is 2.18. The van der Waals surface area contributed by atoms with Crippen molar-refractivity contribution in [1.29, 1.82) is 0 Å². The lowest BCUT2D eigenvalue weighted by Gasteiger charge is -2.23. The van der Waals surface area contributed by atoms with E-state index in [-0.39, 0.29) is 17.6 Å². The summed E-state index contributed by atoms with van der Waals surface area (Å²) in [5.74, 6) is -0.661. The molecule has 0 radical (unpaired) electrons. The number of nitrogens with one attached hydrogen (secondary N) is 2. The molecular formula is C14H20FN3O2. The minimum Gasteiger partial charge on any atom is -0.355 e. The first-order valence-corrected chi connectivity index (χ1v) is 6.36. The molecule has 0 unspecified atom stereocenters. The summed E-state index contributed by atoms with van der Waals surface area (Å²) >= 11 is 0. The molecule has 2 amide bonds.